The van der Waals surface area contributed by atoms with E-state index < -0.39 is 0 Å². The highest BCUT2D eigenvalue weighted by Gasteiger charge is 2.14. The average Bonchev–Trinajstić information content (AvgIpc) is 2.92. The van der Waals surface area contributed by atoms with Crippen molar-refractivity contribution in [1.29, 1.82) is 0 Å². The van der Waals surface area contributed by atoms with Crippen molar-refractivity contribution in [3.8, 4) is 22.8 Å². The number of rotatable bonds is 2. The first-order valence-electron chi connectivity index (χ1n) is 5.54. The molecule has 0 saturated heterocycles. The van der Waals surface area contributed by atoms with Crippen LogP contribution in [0, 0.1) is 0 Å². The number of hydrogen-bond donors (Lipinski definition) is 0. The fourth-order valence-corrected chi connectivity index (χ4v) is 2.09. The molecule has 100 valence electrons. The molecule has 0 saturated carbocycles. The number of hydrogen-bond acceptors (Lipinski definition) is 4. The van der Waals surface area contributed by atoms with E-state index in [4.69, 9.17) is 39.3 Å². The Morgan fingerprint density at radius 2 is 1.70 bits per heavy atom. The summed E-state index contributed by atoms with van der Waals surface area (Å²) in [5.41, 5.74) is 1.28. The van der Waals surface area contributed by atoms with Crippen molar-refractivity contribution in [2.24, 2.45) is 0 Å². The molecule has 7 heteroatoms. The molecule has 2 aromatic heterocycles. The van der Waals surface area contributed by atoms with Crippen molar-refractivity contribution in [3.63, 3.8) is 0 Å². The van der Waals surface area contributed by atoms with Crippen molar-refractivity contribution in [2.45, 2.75) is 0 Å². The van der Waals surface area contributed by atoms with Gasteiger partial charge in [0.2, 0.25) is 5.82 Å². The van der Waals surface area contributed by atoms with E-state index >= 15 is 0 Å². The van der Waals surface area contributed by atoms with Gasteiger partial charge in [-0.3, -0.25) is 0 Å². The molecule has 0 fully saturated rings. The van der Waals surface area contributed by atoms with Crippen LogP contribution in [0.1, 0.15) is 0 Å². The Bertz CT molecular complexity index is 756. The first kappa shape index (κ1) is 13.4. The molecule has 20 heavy (non-hydrogen) atoms. The molecule has 0 radical (unpaired) electrons. The lowest BCUT2D eigenvalue weighted by atomic mass is 10.2. The third kappa shape index (κ3) is 2.63. The first-order valence-corrected chi connectivity index (χ1v) is 6.68. The zero-order valence-electron chi connectivity index (χ0n) is 9.85. The largest absolute Gasteiger partial charge is 0.333 e. The lowest BCUT2D eigenvalue weighted by Gasteiger charge is -1.97. The predicted molar refractivity (Wildman–Crippen MR) is 78.0 cm³/mol. The van der Waals surface area contributed by atoms with Gasteiger partial charge < -0.3 is 4.52 Å². The van der Waals surface area contributed by atoms with Crippen LogP contribution in [-0.2, 0) is 0 Å². The summed E-state index contributed by atoms with van der Waals surface area (Å²) in [6, 6.07) is 8.72. The molecule has 0 unspecified atom stereocenters. The van der Waals surface area contributed by atoms with E-state index in [0.29, 0.717) is 21.4 Å². The Balaban J connectivity index is 2.01. The highest BCUT2D eigenvalue weighted by atomic mass is 35.5. The number of nitrogens with zero attached hydrogens (tertiary/aromatic N) is 3. The summed E-state index contributed by atoms with van der Waals surface area (Å²) in [7, 11) is 0. The lowest BCUT2D eigenvalue weighted by Crippen LogP contribution is -1.84. The number of halogens is 3. The first-order chi connectivity index (χ1) is 9.63. The van der Waals surface area contributed by atoms with Crippen LogP contribution in [0.4, 0.5) is 0 Å². The Hall–Kier alpha value is -1.62. The standard InChI is InChI=1S/C13H6Cl3N3O/c14-8-3-1-7(2-4-8)12-18-13(20-19-12)10-5-9(15)6-17-11(10)16/h1-6H. The second-order valence-corrected chi connectivity index (χ2v) is 5.15. The lowest BCUT2D eigenvalue weighted by molar-refractivity contribution is 0.432. The Labute approximate surface area is 129 Å². The summed E-state index contributed by atoms with van der Waals surface area (Å²) in [6.07, 6.45) is 1.45. The van der Waals surface area contributed by atoms with Crippen molar-refractivity contribution >= 4 is 34.8 Å². The number of aromatic nitrogens is 3. The fourth-order valence-electron chi connectivity index (χ4n) is 1.62. The van der Waals surface area contributed by atoms with Crippen LogP contribution in [0.3, 0.4) is 0 Å². The molecule has 0 N–H and O–H groups in total. The fraction of sp³-hybridized carbons (Fsp3) is 0. The number of pyridine rings is 1. The van der Waals surface area contributed by atoms with Gasteiger partial charge in [0.05, 0.1) is 10.6 Å². The van der Waals surface area contributed by atoms with Crippen LogP contribution in [0.15, 0.2) is 41.1 Å². The zero-order chi connectivity index (χ0) is 14.1. The summed E-state index contributed by atoms with van der Waals surface area (Å²) < 4.78 is 5.19. The van der Waals surface area contributed by atoms with Crippen LogP contribution in [0.2, 0.25) is 15.2 Å². The maximum Gasteiger partial charge on any atom is 0.261 e. The summed E-state index contributed by atoms with van der Waals surface area (Å²) >= 11 is 17.7. The van der Waals surface area contributed by atoms with Crippen LogP contribution in [0.25, 0.3) is 22.8 Å². The van der Waals surface area contributed by atoms with E-state index in [1.807, 2.05) is 0 Å². The van der Waals surface area contributed by atoms with Gasteiger partial charge in [-0.15, -0.1) is 0 Å². The van der Waals surface area contributed by atoms with E-state index in [2.05, 4.69) is 15.1 Å². The van der Waals surface area contributed by atoms with Gasteiger partial charge in [0.15, 0.2) is 0 Å². The zero-order valence-corrected chi connectivity index (χ0v) is 12.1. The topological polar surface area (TPSA) is 51.8 Å². The second kappa shape index (κ2) is 5.40. The minimum atomic E-state index is 0.251. The molecular weight excluding hydrogens is 321 g/mol. The van der Waals surface area contributed by atoms with Gasteiger partial charge in [0.25, 0.3) is 5.89 Å². The van der Waals surface area contributed by atoms with Gasteiger partial charge in [0, 0.05) is 16.8 Å². The molecule has 1 aromatic carbocycles. The molecule has 0 aliphatic heterocycles. The Morgan fingerprint density at radius 3 is 2.45 bits per heavy atom. The summed E-state index contributed by atoms with van der Waals surface area (Å²) in [5, 5.41) is 5.23. The van der Waals surface area contributed by atoms with Crippen LogP contribution in [-0.4, -0.2) is 15.1 Å². The van der Waals surface area contributed by atoms with E-state index in [0.717, 1.165) is 5.56 Å². The second-order valence-electron chi connectivity index (χ2n) is 3.92. The van der Waals surface area contributed by atoms with Crippen molar-refractivity contribution in [1.82, 2.24) is 15.1 Å². The monoisotopic (exact) mass is 325 g/mol. The van der Waals surface area contributed by atoms with Crippen LogP contribution < -0.4 is 0 Å². The minimum Gasteiger partial charge on any atom is -0.333 e. The summed E-state index contributed by atoms with van der Waals surface area (Å²) in [6.45, 7) is 0. The van der Waals surface area contributed by atoms with Gasteiger partial charge in [-0.05, 0) is 30.3 Å². The maximum absolute atomic E-state index is 5.99. The molecule has 0 aliphatic rings. The third-order valence-electron chi connectivity index (χ3n) is 2.56. The van der Waals surface area contributed by atoms with E-state index in [1.54, 1.807) is 30.3 Å². The van der Waals surface area contributed by atoms with Gasteiger partial charge >= 0.3 is 0 Å². The molecule has 4 nitrogen and oxygen atoms in total. The molecule has 0 bridgehead atoms. The molecule has 0 aliphatic carbocycles. The van der Waals surface area contributed by atoms with Gasteiger partial charge in [-0.25, -0.2) is 4.98 Å². The molecule has 2 heterocycles. The highest BCUT2D eigenvalue weighted by Crippen LogP contribution is 2.29. The molecule has 0 atom stereocenters. The van der Waals surface area contributed by atoms with Crippen molar-refractivity contribution in [3.05, 3.63) is 51.7 Å². The van der Waals surface area contributed by atoms with Crippen LogP contribution in [0.5, 0.6) is 0 Å². The quantitative estimate of drug-likeness (QED) is 0.637. The smallest absolute Gasteiger partial charge is 0.261 e. The van der Waals surface area contributed by atoms with E-state index in [1.165, 1.54) is 6.20 Å². The molecule has 0 spiro atoms. The van der Waals surface area contributed by atoms with E-state index in [-0.39, 0.29) is 11.0 Å². The molecular formula is C13H6Cl3N3O. The maximum atomic E-state index is 5.99. The summed E-state index contributed by atoms with van der Waals surface area (Å²) in [4.78, 5) is 8.22. The minimum absolute atomic E-state index is 0.251. The van der Waals surface area contributed by atoms with Gasteiger partial charge in [-0.1, -0.05) is 40.0 Å². The van der Waals surface area contributed by atoms with Gasteiger partial charge in [-0.2, -0.15) is 4.98 Å². The Morgan fingerprint density at radius 1 is 0.950 bits per heavy atom. The average molecular weight is 327 g/mol. The van der Waals surface area contributed by atoms with Crippen molar-refractivity contribution in [2.75, 3.05) is 0 Å². The summed E-state index contributed by atoms with van der Waals surface area (Å²) in [5.74, 6) is 0.697. The van der Waals surface area contributed by atoms with Gasteiger partial charge in [0.1, 0.15) is 5.15 Å². The van der Waals surface area contributed by atoms with Crippen molar-refractivity contribution < 1.29 is 4.52 Å². The molecule has 3 rings (SSSR count). The Kier molecular flexibility index (Phi) is 3.61. The van der Waals surface area contributed by atoms with E-state index in [9.17, 15) is 0 Å². The predicted octanol–water partition coefficient (Wildman–Crippen LogP) is 4.76. The highest BCUT2D eigenvalue weighted by molar-refractivity contribution is 6.34. The molecule has 3 aromatic rings. The third-order valence-corrected chi connectivity index (χ3v) is 3.32. The molecule has 0 amide bonds. The van der Waals surface area contributed by atoms with Crippen LogP contribution >= 0.6 is 34.8 Å². The SMILES string of the molecule is Clc1ccc(-c2noc(-c3cc(Cl)cnc3Cl)n2)cc1. The normalized spacial score (nSPS) is 10.8. The number of benzene rings is 1.